The van der Waals surface area contributed by atoms with Crippen LogP contribution < -0.4 is 15.2 Å². The summed E-state index contributed by atoms with van der Waals surface area (Å²) in [5.41, 5.74) is 6.37. The number of nitrogens with zero attached hydrogens (tertiary/aromatic N) is 3. The number of ether oxygens (including phenoxy) is 1. The predicted molar refractivity (Wildman–Crippen MR) is 77.1 cm³/mol. The quantitative estimate of drug-likeness (QED) is 0.797. The summed E-state index contributed by atoms with van der Waals surface area (Å²) in [6.07, 6.45) is 2.96. The zero-order chi connectivity index (χ0) is 15.5. The molecule has 3 N–H and O–H groups in total. The molecule has 2 aromatic rings. The Hall–Kier alpha value is -2.13. The standard InChI is InChI=1S/C12H17N5O3S/c1-3-17-8-10(12(13)16-17)21(18,19)15-7-9-4-5-14-11(6-9)20-2/h4-6,8,15H,3,7H2,1-2H3,(H2,13,16). The minimum atomic E-state index is -3.72. The lowest BCUT2D eigenvalue weighted by Gasteiger charge is -2.06. The van der Waals surface area contributed by atoms with Gasteiger partial charge in [0.1, 0.15) is 4.90 Å². The Morgan fingerprint density at radius 2 is 2.24 bits per heavy atom. The van der Waals surface area contributed by atoms with E-state index in [1.807, 2.05) is 6.92 Å². The largest absolute Gasteiger partial charge is 0.481 e. The van der Waals surface area contributed by atoms with Crippen molar-refractivity contribution in [3.63, 3.8) is 0 Å². The minimum Gasteiger partial charge on any atom is -0.481 e. The smallest absolute Gasteiger partial charge is 0.246 e. The van der Waals surface area contributed by atoms with E-state index in [1.165, 1.54) is 18.0 Å². The lowest BCUT2D eigenvalue weighted by molar-refractivity contribution is 0.397. The molecule has 0 fully saturated rings. The maximum absolute atomic E-state index is 12.2. The van der Waals surface area contributed by atoms with Gasteiger partial charge in [-0.05, 0) is 18.6 Å². The van der Waals surface area contributed by atoms with Crippen molar-refractivity contribution in [3.05, 3.63) is 30.1 Å². The normalized spacial score (nSPS) is 11.5. The van der Waals surface area contributed by atoms with Crippen LogP contribution in [0.1, 0.15) is 12.5 Å². The average Bonchev–Trinajstić information content (AvgIpc) is 2.87. The van der Waals surface area contributed by atoms with Crippen LogP contribution in [0.2, 0.25) is 0 Å². The molecule has 0 atom stereocenters. The number of aryl methyl sites for hydroxylation is 1. The van der Waals surface area contributed by atoms with Gasteiger partial charge in [-0.15, -0.1) is 0 Å². The van der Waals surface area contributed by atoms with Crippen LogP contribution in [0.5, 0.6) is 5.88 Å². The number of methoxy groups -OCH3 is 1. The third kappa shape index (κ3) is 3.50. The highest BCUT2D eigenvalue weighted by molar-refractivity contribution is 7.89. The number of sulfonamides is 1. The van der Waals surface area contributed by atoms with Crippen LogP contribution in [0.3, 0.4) is 0 Å². The lowest BCUT2D eigenvalue weighted by atomic mass is 10.3. The maximum Gasteiger partial charge on any atom is 0.246 e. The molecule has 8 nitrogen and oxygen atoms in total. The molecule has 0 unspecified atom stereocenters. The van der Waals surface area contributed by atoms with E-state index in [9.17, 15) is 8.42 Å². The molecule has 114 valence electrons. The first-order chi connectivity index (χ1) is 9.96. The molecule has 21 heavy (non-hydrogen) atoms. The Morgan fingerprint density at radius 1 is 1.48 bits per heavy atom. The van der Waals surface area contributed by atoms with Crippen molar-refractivity contribution in [2.24, 2.45) is 0 Å². The summed E-state index contributed by atoms with van der Waals surface area (Å²) in [4.78, 5) is 3.93. The van der Waals surface area contributed by atoms with E-state index in [-0.39, 0.29) is 17.3 Å². The fourth-order valence-electron chi connectivity index (χ4n) is 1.72. The maximum atomic E-state index is 12.2. The summed E-state index contributed by atoms with van der Waals surface area (Å²) in [6, 6.07) is 3.35. The molecular weight excluding hydrogens is 294 g/mol. The van der Waals surface area contributed by atoms with Crippen LogP contribution in [-0.4, -0.2) is 30.3 Å². The Bertz CT molecular complexity index is 726. The first kappa shape index (κ1) is 15.3. The van der Waals surface area contributed by atoms with Gasteiger partial charge in [0.05, 0.1) is 7.11 Å². The topological polar surface area (TPSA) is 112 Å². The second-order valence-corrected chi connectivity index (χ2v) is 6.00. The Kier molecular flexibility index (Phi) is 4.43. The van der Waals surface area contributed by atoms with Gasteiger partial charge in [0.2, 0.25) is 15.9 Å². The van der Waals surface area contributed by atoms with E-state index in [0.717, 1.165) is 5.56 Å². The molecule has 0 amide bonds. The van der Waals surface area contributed by atoms with Crippen LogP contribution >= 0.6 is 0 Å². The zero-order valence-electron chi connectivity index (χ0n) is 11.8. The van der Waals surface area contributed by atoms with Gasteiger partial charge in [0.25, 0.3) is 0 Å². The first-order valence-corrected chi connectivity index (χ1v) is 7.76. The SMILES string of the molecule is CCn1cc(S(=O)(=O)NCc2ccnc(OC)c2)c(N)n1. The number of rotatable bonds is 6. The Labute approximate surface area is 123 Å². The predicted octanol–water partition coefficient (Wildman–Crippen LogP) is 0.367. The summed E-state index contributed by atoms with van der Waals surface area (Å²) in [5.74, 6) is 0.404. The Balaban J connectivity index is 2.15. The first-order valence-electron chi connectivity index (χ1n) is 6.27. The number of pyridine rings is 1. The molecule has 2 aromatic heterocycles. The van der Waals surface area contributed by atoms with E-state index >= 15 is 0 Å². The molecule has 0 aliphatic rings. The van der Waals surface area contributed by atoms with Gasteiger partial charge in [-0.25, -0.2) is 18.1 Å². The molecule has 0 aliphatic carbocycles. The van der Waals surface area contributed by atoms with Crippen LogP contribution in [-0.2, 0) is 23.1 Å². The van der Waals surface area contributed by atoms with Crippen molar-refractivity contribution in [2.75, 3.05) is 12.8 Å². The monoisotopic (exact) mass is 311 g/mol. The summed E-state index contributed by atoms with van der Waals surface area (Å²) in [7, 11) is -2.22. The van der Waals surface area contributed by atoms with Crippen LogP contribution in [0.15, 0.2) is 29.4 Å². The third-order valence-corrected chi connectivity index (χ3v) is 4.26. The van der Waals surface area contributed by atoms with Gasteiger partial charge in [-0.2, -0.15) is 5.10 Å². The molecule has 0 bridgehead atoms. The number of nitrogens with two attached hydrogens (primary N) is 1. The van der Waals surface area contributed by atoms with Gasteiger partial charge in [0.15, 0.2) is 5.82 Å². The van der Waals surface area contributed by atoms with Crippen LogP contribution in [0, 0.1) is 0 Å². The van der Waals surface area contributed by atoms with Gasteiger partial charge < -0.3 is 10.5 Å². The molecule has 0 aliphatic heterocycles. The van der Waals surface area contributed by atoms with E-state index in [4.69, 9.17) is 10.5 Å². The fraction of sp³-hybridized carbons (Fsp3) is 0.333. The number of hydrogen-bond acceptors (Lipinski definition) is 6. The number of nitrogens with one attached hydrogen (secondary N) is 1. The minimum absolute atomic E-state index is 0.0170. The second kappa shape index (κ2) is 6.10. The summed E-state index contributed by atoms with van der Waals surface area (Å²) in [5, 5.41) is 3.92. The molecule has 0 radical (unpaired) electrons. The van der Waals surface area contributed by atoms with Gasteiger partial charge >= 0.3 is 0 Å². The molecule has 0 saturated carbocycles. The molecule has 9 heteroatoms. The average molecular weight is 311 g/mol. The summed E-state index contributed by atoms with van der Waals surface area (Å²) in [6.45, 7) is 2.50. The molecule has 0 saturated heterocycles. The van der Waals surface area contributed by atoms with E-state index in [0.29, 0.717) is 12.4 Å². The van der Waals surface area contributed by atoms with Crippen LogP contribution in [0.25, 0.3) is 0 Å². The lowest BCUT2D eigenvalue weighted by Crippen LogP contribution is -2.23. The number of hydrogen-bond donors (Lipinski definition) is 2. The van der Waals surface area contributed by atoms with Gasteiger partial charge in [0, 0.05) is 31.5 Å². The highest BCUT2D eigenvalue weighted by atomic mass is 32.2. The summed E-state index contributed by atoms with van der Waals surface area (Å²) >= 11 is 0. The highest BCUT2D eigenvalue weighted by Crippen LogP contribution is 2.17. The zero-order valence-corrected chi connectivity index (χ0v) is 12.6. The highest BCUT2D eigenvalue weighted by Gasteiger charge is 2.20. The van der Waals surface area contributed by atoms with Gasteiger partial charge in [-0.1, -0.05) is 0 Å². The van der Waals surface area contributed by atoms with E-state index < -0.39 is 10.0 Å². The molecular formula is C12H17N5O3S. The molecule has 2 rings (SSSR count). The van der Waals surface area contributed by atoms with Crippen molar-refractivity contribution in [2.45, 2.75) is 24.9 Å². The van der Waals surface area contributed by atoms with Gasteiger partial charge in [-0.3, -0.25) is 4.68 Å². The van der Waals surface area contributed by atoms with Crippen molar-refractivity contribution in [1.29, 1.82) is 0 Å². The van der Waals surface area contributed by atoms with Crippen molar-refractivity contribution >= 4 is 15.8 Å². The second-order valence-electron chi connectivity index (χ2n) is 4.27. The number of aromatic nitrogens is 3. The Morgan fingerprint density at radius 3 is 2.86 bits per heavy atom. The summed E-state index contributed by atoms with van der Waals surface area (Å²) < 4.78 is 33.4. The third-order valence-electron chi connectivity index (χ3n) is 2.84. The molecule has 0 aromatic carbocycles. The number of nitrogen functional groups attached to an aromatic ring is 1. The fourth-order valence-corrected chi connectivity index (χ4v) is 2.80. The van der Waals surface area contributed by atoms with Crippen molar-refractivity contribution in [3.8, 4) is 5.88 Å². The van der Waals surface area contributed by atoms with E-state index in [2.05, 4.69) is 14.8 Å². The van der Waals surface area contributed by atoms with Crippen molar-refractivity contribution < 1.29 is 13.2 Å². The number of anilines is 1. The molecule has 0 spiro atoms. The van der Waals surface area contributed by atoms with Crippen molar-refractivity contribution in [1.82, 2.24) is 19.5 Å². The molecule has 2 heterocycles. The van der Waals surface area contributed by atoms with E-state index in [1.54, 1.807) is 18.3 Å². The van der Waals surface area contributed by atoms with Crippen LogP contribution in [0.4, 0.5) is 5.82 Å².